The van der Waals surface area contributed by atoms with Crippen LogP contribution < -0.4 is 10.1 Å². The minimum Gasteiger partial charge on any atom is -0.497 e. The number of methoxy groups -OCH3 is 1. The van der Waals surface area contributed by atoms with Crippen molar-refractivity contribution in [1.82, 2.24) is 5.32 Å². The number of hydrogen-bond donors (Lipinski definition) is 2. The van der Waals surface area contributed by atoms with E-state index in [1.165, 1.54) is 12.0 Å². The highest BCUT2D eigenvalue weighted by Gasteiger charge is 2.24. The molecule has 0 radical (unpaired) electrons. The third-order valence-corrected chi connectivity index (χ3v) is 3.81. The van der Waals surface area contributed by atoms with Gasteiger partial charge >= 0.3 is 0 Å². The van der Waals surface area contributed by atoms with Gasteiger partial charge in [0.25, 0.3) is 0 Å². The molecule has 0 amide bonds. The molecule has 3 heteroatoms. The van der Waals surface area contributed by atoms with Crippen molar-refractivity contribution >= 4 is 0 Å². The van der Waals surface area contributed by atoms with Crippen LogP contribution in [-0.4, -0.2) is 24.4 Å². The summed E-state index contributed by atoms with van der Waals surface area (Å²) < 4.78 is 5.16. The zero-order valence-electron chi connectivity index (χ0n) is 11.2. The van der Waals surface area contributed by atoms with Crippen molar-refractivity contribution in [3.05, 3.63) is 29.8 Å². The molecule has 0 aromatic heterocycles. The Balaban J connectivity index is 1.95. The first-order valence-electron chi connectivity index (χ1n) is 6.79. The maximum atomic E-state index is 9.96. The van der Waals surface area contributed by atoms with Crippen LogP contribution in [0.2, 0.25) is 0 Å². The van der Waals surface area contributed by atoms with E-state index in [1.807, 2.05) is 12.1 Å². The summed E-state index contributed by atoms with van der Waals surface area (Å²) in [5, 5.41) is 13.5. The van der Waals surface area contributed by atoms with Crippen LogP contribution in [0, 0.1) is 0 Å². The summed E-state index contributed by atoms with van der Waals surface area (Å²) in [6.07, 6.45) is 4.16. The Morgan fingerprint density at radius 1 is 1.22 bits per heavy atom. The topological polar surface area (TPSA) is 41.5 Å². The lowest BCUT2D eigenvalue weighted by Gasteiger charge is -2.31. The van der Waals surface area contributed by atoms with Crippen molar-refractivity contribution in [2.24, 2.45) is 0 Å². The monoisotopic (exact) mass is 249 g/mol. The summed E-state index contributed by atoms with van der Waals surface area (Å²) in [6.45, 7) is 2.14. The van der Waals surface area contributed by atoms with E-state index in [0.717, 1.165) is 25.0 Å². The van der Waals surface area contributed by atoms with E-state index >= 15 is 0 Å². The molecule has 2 N–H and O–H groups in total. The van der Waals surface area contributed by atoms with Gasteiger partial charge in [0.15, 0.2) is 0 Å². The van der Waals surface area contributed by atoms with E-state index < -0.39 is 0 Å². The third kappa shape index (κ3) is 3.24. The van der Waals surface area contributed by atoms with Crippen LogP contribution in [0.4, 0.5) is 0 Å². The molecule has 1 aliphatic carbocycles. The van der Waals surface area contributed by atoms with Gasteiger partial charge in [-0.2, -0.15) is 0 Å². The van der Waals surface area contributed by atoms with Crippen LogP contribution in [0.3, 0.4) is 0 Å². The fraction of sp³-hybridized carbons (Fsp3) is 0.600. The fourth-order valence-electron chi connectivity index (χ4n) is 2.62. The number of aliphatic hydroxyl groups is 1. The number of benzene rings is 1. The molecule has 3 unspecified atom stereocenters. The third-order valence-electron chi connectivity index (χ3n) is 3.81. The van der Waals surface area contributed by atoms with Crippen LogP contribution in [0.1, 0.15) is 44.2 Å². The second-order valence-corrected chi connectivity index (χ2v) is 5.12. The summed E-state index contributed by atoms with van der Waals surface area (Å²) in [6, 6.07) is 8.59. The molecule has 0 aliphatic heterocycles. The quantitative estimate of drug-likeness (QED) is 0.862. The molecule has 2 rings (SSSR count). The number of aliphatic hydroxyl groups excluding tert-OH is 1. The van der Waals surface area contributed by atoms with Gasteiger partial charge in [-0.05, 0) is 37.5 Å². The van der Waals surface area contributed by atoms with Crippen molar-refractivity contribution in [2.45, 2.75) is 50.8 Å². The average Bonchev–Trinajstić information content (AvgIpc) is 2.41. The largest absolute Gasteiger partial charge is 0.497 e. The molecular weight excluding hydrogens is 226 g/mol. The molecule has 3 atom stereocenters. The van der Waals surface area contributed by atoms with E-state index in [4.69, 9.17) is 4.74 Å². The summed E-state index contributed by atoms with van der Waals surface area (Å²) in [5.74, 6) is 0.878. The maximum Gasteiger partial charge on any atom is 0.118 e. The number of nitrogens with one attached hydrogen (secondary N) is 1. The number of hydrogen-bond acceptors (Lipinski definition) is 3. The fourth-order valence-corrected chi connectivity index (χ4v) is 2.62. The summed E-state index contributed by atoms with van der Waals surface area (Å²) in [5.41, 5.74) is 1.23. The van der Waals surface area contributed by atoms with Gasteiger partial charge < -0.3 is 15.2 Å². The van der Waals surface area contributed by atoms with Gasteiger partial charge in [0, 0.05) is 12.1 Å². The Bertz CT molecular complexity index is 363. The van der Waals surface area contributed by atoms with Crippen molar-refractivity contribution in [2.75, 3.05) is 7.11 Å². The Morgan fingerprint density at radius 3 is 2.50 bits per heavy atom. The molecule has 1 aromatic rings. The van der Waals surface area contributed by atoms with Gasteiger partial charge in [-0.15, -0.1) is 0 Å². The number of rotatable bonds is 4. The highest BCUT2D eigenvalue weighted by Crippen LogP contribution is 2.23. The van der Waals surface area contributed by atoms with E-state index in [-0.39, 0.29) is 18.2 Å². The van der Waals surface area contributed by atoms with Crippen molar-refractivity contribution in [3.8, 4) is 5.75 Å². The molecule has 0 heterocycles. The zero-order valence-corrected chi connectivity index (χ0v) is 11.2. The van der Waals surface area contributed by atoms with Gasteiger partial charge in [-0.3, -0.25) is 0 Å². The molecule has 0 saturated heterocycles. The molecule has 1 fully saturated rings. The molecule has 0 spiro atoms. The first-order valence-corrected chi connectivity index (χ1v) is 6.79. The van der Waals surface area contributed by atoms with E-state index in [9.17, 15) is 5.11 Å². The first kappa shape index (κ1) is 13.4. The molecule has 3 nitrogen and oxygen atoms in total. The Morgan fingerprint density at radius 2 is 1.89 bits per heavy atom. The van der Waals surface area contributed by atoms with Gasteiger partial charge in [0.2, 0.25) is 0 Å². The highest BCUT2D eigenvalue weighted by atomic mass is 16.5. The lowest BCUT2D eigenvalue weighted by atomic mass is 9.91. The normalized spacial score (nSPS) is 25.7. The van der Waals surface area contributed by atoms with Crippen LogP contribution >= 0.6 is 0 Å². The highest BCUT2D eigenvalue weighted by molar-refractivity contribution is 5.28. The van der Waals surface area contributed by atoms with Gasteiger partial charge in [-0.25, -0.2) is 0 Å². The van der Waals surface area contributed by atoms with Crippen LogP contribution in [0.15, 0.2) is 24.3 Å². The number of ether oxygens (including phenoxy) is 1. The lowest BCUT2D eigenvalue weighted by Crippen LogP contribution is -2.43. The second kappa shape index (κ2) is 6.21. The van der Waals surface area contributed by atoms with Gasteiger partial charge in [-0.1, -0.05) is 25.0 Å². The molecule has 0 bridgehead atoms. The lowest BCUT2D eigenvalue weighted by molar-refractivity contribution is 0.0860. The predicted octanol–water partition coefficient (Wildman–Crippen LogP) is 2.65. The van der Waals surface area contributed by atoms with Gasteiger partial charge in [0.05, 0.1) is 13.2 Å². The van der Waals surface area contributed by atoms with Crippen LogP contribution in [0.5, 0.6) is 5.75 Å². The van der Waals surface area contributed by atoms with E-state index in [2.05, 4.69) is 24.4 Å². The Labute approximate surface area is 109 Å². The summed E-state index contributed by atoms with van der Waals surface area (Å²) in [7, 11) is 1.68. The van der Waals surface area contributed by atoms with Crippen molar-refractivity contribution in [1.29, 1.82) is 0 Å². The van der Waals surface area contributed by atoms with Crippen molar-refractivity contribution < 1.29 is 9.84 Å². The van der Waals surface area contributed by atoms with E-state index in [1.54, 1.807) is 7.11 Å². The SMILES string of the molecule is COc1ccc(C(C)NC2CCCCC2O)cc1. The molecular formula is C15H23NO2. The Hall–Kier alpha value is -1.06. The van der Waals surface area contributed by atoms with Gasteiger partial charge in [0.1, 0.15) is 5.75 Å². The first-order chi connectivity index (χ1) is 8.70. The maximum absolute atomic E-state index is 9.96. The van der Waals surface area contributed by atoms with Crippen LogP contribution in [0.25, 0.3) is 0 Å². The minimum atomic E-state index is -0.195. The molecule has 18 heavy (non-hydrogen) atoms. The van der Waals surface area contributed by atoms with Crippen LogP contribution in [-0.2, 0) is 0 Å². The smallest absolute Gasteiger partial charge is 0.118 e. The minimum absolute atomic E-state index is 0.195. The average molecular weight is 249 g/mol. The molecule has 100 valence electrons. The molecule has 1 saturated carbocycles. The zero-order chi connectivity index (χ0) is 13.0. The Kier molecular flexibility index (Phi) is 4.61. The summed E-state index contributed by atoms with van der Waals surface area (Å²) >= 11 is 0. The van der Waals surface area contributed by atoms with E-state index in [0.29, 0.717) is 0 Å². The second-order valence-electron chi connectivity index (χ2n) is 5.12. The van der Waals surface area contributed by atoms with Crippen molar-refractivity contribution in [3.63, 3.8) is 0 Å². The summed E-state index contributed by atoms with van der Waals surface area (Å²) in [4.78, 5) is 0. The standard InChI is InChI=1S/C15H23NO2/c1-11(12-7-9-13(18-2)10-8-12)16-14-5-3-4-6-15(14)17/h7-11,14-17H,3-6H2,1-2H3. The molecule has 1 aliphatic rings. The predicted molar refractivity (Wildman–Crippen MR) is 72.8 cm³/mol. The molecule has 1 aromatic carbocycles.